The van der Waals surface area contributed by atoms with Crippen LogP contribution in [0, 0.1) is 10.1 Å². The minimum atomic E-state index is -0.789. The Morgan fingerprint density at radius 3 is 2.37 bits per heavy atom. The molecule has 1 atom stereocenters. The fourth-order valence-corrected chi connectivity index (χ4v) is 1.27. The fourth-order valence-electron chi connectivity index (χ4n) is 1.27. The highest BCUT2D eigenvalue weighted by atomic mass is 16.6. The molecule has 8 heteroatoms. The van der Waals surface area contributed by atoms with Crippen LogP contribution >= 0.6 is 0 Å². The lowest BCUT2D eigenvalue weighted by Gasteiger charge is -2.12. The number of urea groups is 1. The van der Waals surface area contributed by atoms with Crippen molar-refractivity contribution in [2.75, 3.05) is 12.4 Å². The molecule has 0 radical (unpaired) electrons. The molecule has 1 aromatic carbocycles. The van der Waals surface area contributed by atoms with Gasteiger partial charge in [-0.05, 0) is 19.1 Å². The number of ether oxygens (including phenoxy) is 1. The maximum Gasteiger partial charge on any atom is 0.328 e. The number of benzene rings is 1. The largest absolute Gasteiger partial charge is 0.467 e. The first-order chi connectivity index (χ1) is 8.93. The quantitative estimate of drug-likeness (QED) is 0.485. The van der Waals surface area contributed by atoms with Crippen molar-refractivity contribution in [3.05, 3.63) is 34.4 Å². The minimum absolute atomic E-state index is 0.0751. The second kappa shape index (κ2) is 6.34. The van der Waals surface area contributed by atoms with E-state index in [1.807, 2.05) is 0 Å². The third-order valence-corrected chi connectivity index (χ3v) is 2.24. The number of non-ortho nitro benzene ring substituents is 1. The van der Waals surface area contributed by atoms with Crippen LogP contribution in [0.2, 0.25) is 0 Å². The van der Waals surface area contributed by atoms with E-state index in [4.69, 9.17) is 0 Å². The van der Waals surface area contributed by atoms with Crippen molar-refractivity contribution >= 4 is 23.4 Å². The van der Waals surface area contributed by atoms with Gasteiger partial charge in [-0.25, -0.2) is 9.59 Å². The first-order valence-electron chi connectivity index (χ1n) is 5.34. The average Bonchev–Trinajstić information content (AvgIpc) is 2.38. The van der Waals surface area contributed by atoms with E-state index >= 15 is 0 Å². The molecule has 1 unspecified atom stereocenters. The third kappa shape index (κ3) is 4.26. The van der Waals surface area contributed by atoms with E-state index < -0.39 is 23.0 Å². The summed E-state index contributed by atoms with van der Waals surface area (Å²) < 4.78 is 4.45. The molecule has 102 valence electrons. The molecule has 19 heavy (non-hydrogen) atoms. The van der Waals surface area contributed by atoms with Gasteiger partial charge in [0, 0.05) is 17.8 Å². The Kier molecular flexibility index (Phi) is 4.81. The SMILES string of the molecule is COC(=O)C(C)NC(=O)Nc1ccc([N+](=O)[O-])cc1. The lowest BCUT2D eigenvalue weighted by molar-refractivity contribution is -0.384. The number of nitro groups is 1. The summed E-state index contributed by atoms with van der Waals surface area (Å²) in [7, 11) is 1.22. The molecule has 0 aliphatic rings. The van der Waals surface area contributed by atoms with Crippen molar-refractivity contribution in [3.63, 3.8) is 0 Å². The number of carbonyl (C=O) groups excluding carboxylic acids is 2. The van der Waals surface area contributed by atoms with Gasteiger partial charge in [-0.15, -0.1) is 0 Å². The fraction of sp³-hybridized carbons (Fsp3) is 0.273. The van der Waals surface area contributed by atoms with E-state index in [0.29, 0.717) is 5.69 Å². The van der Waals surface area contributed by atoms with E-state index in [1.165, 1.54) is 38.3 Å². The summed E-state index contributed by atoms with van der Waals surface area (Å²) in [4.78, 5) is 32.5. The molecule has 0 aliphatic carbocycles. The predicted molar refractivity (Wildman–Crippen MR) is 66.7 cm³/mol. The molecule has 0 saturated heterocycles. The lowest BCUT2D eigenvalue weighted by Crippen LogP contribution is -2.41. The lowest BCUT2D eigenvalue weighted by atomic mass is 10.3. The molecule has 8 nitrogen and oxygen atoms in total. The number of esters is 1. The number of hydrogen-bond donors (Lipinski definition) is 2. The Hall–Kier alpha value is -2.64. The molecule has 2 amide bonds. The maximum atomic E-state index is 11.5. The van der Waals surface area contributed by atoms with Gasteiger partial charge in [0.1, 0.15) is 6.04 Å². The number of methoxy groups -OCH3 is 1. The van der Waals surface area contributed by atoms with E-state index in [1.54, 1.807) is 0 Å². The Balaban J connectivity index is 2.57. The minimum Gasteiger partial charge on any atom is -0.467 e. The zero-order valence-electron chi connectivity index (χ0n) is 10.4. The van der Waals surface area contributed by atoms with Crippen LogP contribution in [0.5, 0.6) is 0 Å². The molecule has 0 spiro atoms. The van der Waals surface area contributed by atoms with Gasteiger partial charge in [0.2, 0.25) is 0 Å². The van der Waals surface area contributed by atoms with Crippen molar-refractivity contribution in [2.45, 2.75) is 13.0 Å². The zero-order chi connectivity index (χ0) is 14.4. The van der Waals surface area contributed by atoms with Gasteiger partial charge in [-0.1, -0.05) is 0 Å². The normalized spacial score (nSPS) is 11.3. The summed E-state index contributed by atoms with van der Waals surface area (Å²) in [6.45, 7) is 1.47. The predicted octanol–water partition coefficient (Wildman–Crippen LogP) is 1.28. The van der Waals surface area contributed by atoms with E-state index in [0.717, 1.165) is 0 Å². The summed E-state index contributed by atoms with van der Waals surface area (Å²) in [6, 6.07) is 3.91. The van der Waals surface area contributed by atoms with Crippen molar-refractivity contribution < 1.29 is 19.2 Å². The van der Waals surface area contributed by atoms with Gasteiger partial charge in [-0.3, -0.25) is 10.1 Å². The number of nitrogens with zero attached hydrogens (tertiary/aromatic N) is 1. The molecular weight excluding hydrogens is 254 g/mol. The molecular formula is C11H13N3O5. The van der Waals surface area contributed by atoms with Crippen LogP contribution in [0.25, 0.3) is 0 Å². The topological polar surface area (TPSA) is 111 Å². The van der Waals surface area contributed by atoms with Crippen LogP contribution in [0.1, 0.15) is 6.92 Å². The number of hydrogen-bond acceptors (Lipinski definition) is 5. The molecule has 0 fully saturated rings. The van der Waals surface area contributed by atoms with E-state index in [-0.39, 0.29) is 5.69 Å². The summed E-state index contributed by atoms with van der Waals surface area (Å²) >= 11 is 0. The molecule has 0 saturated carbocycles. The van der Waals surface area contributed by atoms with Gasteiger partial charge < -0.3 is 15.4 Å². The standard InChI is InChI=1S/C11H13N3O5/c1-7(10(15)19-2)12-11(16)13-8-3-5-9(6-4-8)14(17)18/h3-7H,1-2H3,(H2,12,13,16). The van der Waals surface area contributed by atoms with Crippen molar-refractivity contribution in [3.8, 4) is 0 Å². The number of carbonyl (C=O) groups is 2. The average molecular weight is 267 g/mol. The zero-order valence-corrected chi connectivity index (χ0v) is 10.4. The maximum absolute atomic E-state index is 11.5. The number of nitrogens with one attached hydrogen (secondary N) is 2. The van der Waals surface area contributed by atoms with Gasteiger partial charge in [0.15, 0.2) is 0 Å². The van der Waals surface area contributed by atoms with Crippen LogP contribution in [0.3, 0.4) is 0 Å². The Morgan fingerprint density at radius 2 is 1.89 bits per heavy atom. The molecule has 1 rings (SSSR count). The van der Waals surface area contributed by atoms with Crippen molar-refractivity contribution in [1.82, 2.24) is 5.32 Å². The monoisotopic (exact) mass is 267 g/mol. The summed E-state index contributed by atoms with van der Waals surface area (Å²) in [6.07, 6.45) is 0. The van der Waals surface area contributed by atoms with Crippen LogP contribution in [0.4, 0.5) is 16.2 Å². The van der Waals surface area contributed by atoms with Gasteiger partial charge >= 0.3 is 12.0 Å². The Bertz CT molecular complexity index is 486. The number of nitro benzene ring substituents is 1. The van der Waals surface area contributed by atoms with Crippen LogP contribution < -0.4 is 10.6 Å². The molecule has 0 bridgehead atoms. The number of amides is 2. The van der Waals surface area contributed by atoms with Crippen LogP contribution in [-0.2, 0) is 9.53 Å². The van der Waals surface area contributed by atoms with Gasteiger partial charge in [0.05, 0.1) is 12.0 Å². The number of anilines is 1. The molecule has 0 aromatic heterocycles. The Morgan fingerprint density at radius 1 is 1.32 bits per heavy atom. The Labute approximate surface area is 108 Å². The second-order valence-electron chi connectivity index (χ2n) is 3.65. The summed E-state index contributed by atoms with van der Waals surface area (Å²) in [5, 5.41) is 15.2. The molecule has 0 heterocycles. The van der Waals surface area contributed by atoms with E-state index in [9.17, 15) is 19.7 Å². The second-order valence-corrected chi connectivity index (χ2v) is 3.65. The van der Waals surface area contributed by atoms with E-state index in [2.05, 4.69) is 15.4 Å². The highest BCUT2D eigenvalue weighted by Gasteiger charge is 2.15. The molecule has 1 aromatic rings. The molecule has 0 aliphatic heterocycles. The van der Waals surface area contributed by atoms with Gasteiger partial charge in [-0.2, -0.15) is 0 Å². The van der Waals surface area contributed by atoms with Crippen LogP contribution in [-0.4, -0.2) is 30.1 Å². The smallest absolute Gasteiger partial charge is 0.328 e. The van der Waals surface area contributed by atoms with Crippen molar-refractivity contribution in [2.24, 2.45) is 0 Å². The van der Waals surface area contributed by atoms with Crippen molar-refractivity contribution in [1.29, 1.82) is 0 Å². The highest BCUT2D eigenvalue weighted by molar-refractivity contribution is 5.92. The third-order valence-electron chi connectivity index (χ3n) is 2.24. The highest BCUT2D eigenvalue weighted by Crippen LogP contribution is 2.15. The summed E-state index contributed by atoms with van der Waals surface area (Å²) in [5.74, 6) is -0.571. The first-order valence-corrected chi connectivity index (χ1v) is 5.34. The van der Waals surface area contributed by atoms with Gasteiger partial charge in [0.25, 0.3) is 5.69 Å². The first kappa shape index (κ1) is 14.4. The summed E-state index contributed by atoms with van der Waals surface area (Å²) in [5.41, 5.74) is 0.300. The van der Waals surface area contributed by atoms with Crippen LogP contribution in [0.15, 0.2) is 24.3 Å². The number of rotatable bonds is 4. The molecule has 2 N–H and O–H groups in total.